The van der Waals surface area contributed by atoms with E-state index in [1.807, 2.05) is 24.3 Å². The van der Waals surface area contributed by atoms with Crippen LogP contribution in [0.3, 0.4) is 0 Å². The van der Waals surface area contributed by atoms with Crippen molar-refractivity contribution in [3.8, 4) is 0 Å². The van der Waals surface area contributed by atoms with E-state index in [0.717, 1.165) is 17.2 Å². The number of benzene rings is 2. The van der Waals surface area contributed by atoms with Crippen LogP contribution >= 0.6 is 0 Å². The quantitative estimate of drug-likeness (QED) is 0.882. The van der Waals surface area contributed by atoms with Gasteiger partial charge in [0.25, 0.3) is 5.91 Å². The third kappa shape index (κ3) is 3.59. The van der Waals surface area contributed by atoms with Crippen LogP contribution in [-0.4, -0.2) is 43.2 Å². The zero-order chi connectivity index (χ0) is 18.8. The standard InChI is InChI=1S/C21H22F2N2O2/c22-15-5-6-17(18(23)13-15)20-16-4-2-1-3-14(16)8-11-25(20)21(26)19-7-9-24-10-12-27-19/h1-6,13,19-20,24H,7-12H2/t19?,20-/m1/s1. The van der Waals surface area contributed by atoms with E-state index in [9.17, 15) is 13.6 Å². The molecule has 2 aromatic carbocycles. The molecular weight excluding hydrogens is 350 g/mol. The number of amides is 1. The molecule has 2 atom stereocenters. The van der Waals surface area contributed by atoms with Crippen molar-refractivity contribution in [3.05, 3.63) is 70.8 Å². The van der Waals surface area contributed by atoms with Crippen LogP contribution in [0.15, 0.2) is 42.5 Å². The van der Waals surface area contributed by atoms with Crippen molar-refractivity contribution in [1.29, 1.82) is 0 Å². The number of rotatable bonds is 2. The lowest BCUT2D eigenvalue weighted by Gasteiger charge is -2.39. The van der Waals surface area contributed by atoms with Crippen LogP contribution in [0, 0.1) is 11.6 Å². The Morgan fingerprint density at radius 2 is 1.96 bits per heavy atom. The first-order chi connectivity index (χ1) is 13.1. The first kappa shape index (κ1) is 18.1. The van der Waals surface area contributed by atoms with Gasteiger partial charge in [0.15, 0.2) is 0 Å². The first-order valence-corrected chi connectivity index (χ1v) is 9.30. The molecule has 0 aliphatic carbocycles. The Balaban J connectivity index is 1.74. The smallest absolute Gasteiger partial charge is 0.252 e. The van der Waals surface area contributed by atoms with Crippen LogP contribution in [-0.2, 0) is 16.0 Å². The highest BCUT2D eigenvalue weighted by molar-refractivity contribution is 5.82. The van der Waals surface area contributed by atoms with Crippen molar-refractivity contribution >= 4 is 5.91 Å². The summed E-state index contributed by atoms with van der Waals surface area (Å²) in [7, 11) is 0. The molecule has 1 fully saturated rings. The lowest BCUT2D eigenvalue weighted by Crippen LogP contribution is -2.46. The number of hydrogen-bond acceptors (Lipinski definition) is 3. The van der Waals surface area contributed by atoms with E-state index in [-0.39, 0.29) is 5.91 Å². The van der Waals surface area contributed by atoms with Crippen LogP contribution < -0.4 is 5.32 Å². The molecule has 2 aliphatic heterocycles. The van der Waals surface area contributed by atoms with Gasteiger partial charge in [-0.15, -0.1) is 0 Å². The Kier molecular flexibility index (Phi) is 5.18. The van der Waals surface area contributed by atoms with Crippen molar-refractivity contribution in [1.82, 2.24) is 10.2 Å². The molecule has 1 N–H and O–H groups in total. The first-order valence-electron chi connectivity index (χ1n) is 9.30. The van der Waals surface area contributed by atoms with Crippen LogP contribution in [0.2, 0.25) is 0 Å². The number of carbonyl (C=O) groups is 1. The second-order valence-corrected chi connectivity index (χ2v) is 6.95. The molecule has 0 bridgehead atoms. The van der Waals surface area contributed by atoms with E-state index in [2.05, 4.69) is 5.32 Å². The number of nitrogens with one attached hydrogen (secondary N) is 1. The van der Waals surface area contributed by atoms with Crippen molar-refractivity contribution in [3.63, 3.8) is 0 Å². The Morgan fingerprint density at radius 3 is 2.81 bits per heavy atom. The number of halogens is 2. The molecule has 0 spiro atoms. The summed E-state index contributed by atoms with van der Waals surface area (Å²) >= 11 is 0. The van der Waals surface area contributed by atoms with E-state index < -0.39 is 23.8 Å². The molecule has 0 radical (unpaired) electrons. The zero-order valence-corrected chi connectivity index (χ0v) is 15.0. The molecule has 27 heavy (non-hydrogen) atoms. The molecule has 2 aliphatic rings. The van der Waals surface area contributed by atoms with Gasteiger partial charge in [-0.2, -0.15) is 0 Å². The summed E-state index contributed by atoms with van der Waals surface area (Å²) in [5.41, 5.74) is 2.27. The highest BCUT2D eigenvalue weighted by Gasteiger charge is 2.37. The van der Waals surface area contributed by atoms with Crippen LogP contribution in [0.25, 0.3) is 0 Å². The third-order valence-corrected chi connectivity index (χ3v) is 5.28. The minimum atomic E-state index is -0.641. The fraction of sp³-hybridized carbons (Fsp3) is 0.381. The van der Waals surface area contributed by atoms with Gasteiger partial charge < -0.3 is 15.0 Å². The monoisotopic (exact) mass is 372 g/mol. The van der Waals surface area contributed by atoms with E-state index in [4.69, 9.17) is 4.74 Å². The van der Waals surface area contributed by atoms with Crippen molar-refractivity contribution in [2.45, 2.75) is 25.0 Å². The second-order valence-electron chi connectivity index (χ2n) is 6.95. The highest BCUT2D eigenvalue weighted by Crippen LogP contribution is 2.37. The molecule has 1 saturated heterocycles. The molecule has 4 nitrogen and oxygen atoms in total. The molecule has 6 heteroatoms. The van der Waals surface area contributed by atoms with Gasteiger partial charge in [0.05, 0.1) is 12.6 Å². The lowest BCUT2D eigenvalue weighted by molar-refractivity contribution is -0.145. The third-order valence-electron chi connectivity index (χ3n) is 5.28. The largest absolute Gasteiger partial charge is 0.367 e. The molecule has 0 saturated carbocycles. The van der Waals surface area contributed by atoms with Crippen LogP contribution in [0.5, 0.6) is 0 Å². The van der Waals surface area contributed by atoms with Crippen molar-refractivity contribution in [2.24, 2.45) is 0 Å². The van der Waals surface area contributed by atoms with Gasteiger partial charge in [-0.05, 0) is 36.6 Å². The Morgan fingerprint density at radius 1 is 1.11 bits per heavy atom. The van der Waals surface area contributed by atoms with E-state index in [0.29, 0.717) is 44.6 Å². The molecule has 2 heterocycles. The highest BCUT2D eigenvalue weighted by atomic mass is 19.1. The molecule has 0 aromatic heterocycles. The van der Waals surface area contributed by atoms with Crippen LogP contribution in [0.4, 0.5) is 8.78 Å². The van der Waals surface area contributed by atoms with Crippen molar-refractivity contribution in [2.75, 3.05) is 26.2 Å². The Hall–Kier alpha value is -2.31. The van der Waals surface area contributed by atoms with Gasteiger partial charge in [-0.25, -0.2) is 8.78 Å². The predicted octanol–water partition coefficient (Wildman–Crippen LogP) is 2.82. The van der Waals surface area contributed by atoms with Gasteiger partial charge in [-0.1, -0.05) is 30.3 Å². The maximum Gasteiger partial charge on any atom is 0.252 e. The fourth-order valence-electron chi connectivity index (χ4n) is 3.96. The average Bonchev–Trinajstić information content (AvgIpc) is 2.96. The van der Waals surface area contributed by atoms with Gasteiger partial charge in [0.1, 0.15) is 17.7 Å². The fourth-order valence-corrected chi connectivity index (χ4v) is 3.96. The van der Waals surface area contributed by atoms with Gasteiger partial charge in [0, 0.05) is 24.7 Å². The molecule has 4 rings (SSSR count). The predicted molar refractivity (Wildman–Crippen MR) is 97.3 cm³/mol. The molecule has 2 aromatic rings. The van der Waals surface area contributed by atoms with Gasteiger partial charge >= 0.3 is 0 Å². The summed E-state index contributed by atoms with van der Waals surface area (Å²) in [5, 5.41) is 3.21. The normalized spacial score (nSPS) is 22.8. The maximum absolute atomic E-state index is 14.7. The number of nitrogens with zero attached hydrogens (tertiary/aromatic N) is 1. The zero-order valence-electron chi connectivity index (χ0n) is 15.0. The average molecular weight is 372 g/mol. The van der Waals surface area contributed by atoms with E-state index >= 15 is 0 Å². The minimum absolute atomic E-state index is 0.137. The number of carbonyl (C=O) groups excluding carboxylic acids is 1. The van der Waals surface area contributed by atoms with E-state index in [1.54, 1.807) is 4.90 Å². The Bertz CT molecular complexity index is 835. The summed E-state index contributed by atoms with van der Waals surface area (Å²) in [6.07, 6.45) is 0.734. The summed E-state index contributed by atoms with van der Waals surface area (Å²) in [6, 6.07) is 10.7. The number of ether oxygens (including phenoxy) is 1. The molecular formula is C21H22F2N2O2. The SMILES string of the molecule is O=C(C1CCNCCO1)N1CCc2ccccc2[C@@H]1c1ccc(F)cc1F. The summed E-state index contributed by atoms with van der Waals surface area (Å²) in [4.78, 5) is 14.9. The Labute approximate surface area is 157 Å². The summed E-state index contributed by atoms with van der Waals surface area (Å²) in [5.74, 6) is -1.41. The molecule has 1 amide bonds. The molecule has 142 valence electrons. The van der Waals surface area contributed by atoms with Gasteiger partial charge in [-0.3, -0.25) is 4.79 Å². The second kappa shape index (κ2) is 7.74. The summed E-state index contributed by atoms with van der Waals surface area (Å²) in [6.45, 7) is 2.36. The van der Waals surface area contributed by atoms with Gasteiger partial charge in [0.2, 0.25) is 0 Å². The minimum Gasteiger partial charge on any atom is -0.367 e. The van der Waals surface area contributed by atoms with Crippen molar-refractivity contribution < 1.29 is 18.3 Å². The lowest BCUT2D eigenvalue weighted by atomic mass is 9.87. The van der Waals surface area contributed by atoms with E-state index in [1.165, 1.54) is 12.1 Å². The summed E-state index contributed by atoms with van der Waals surface area (Å²) < 4.78 is 33.8. The number of fused-ring (bicyclic) bond motifs is 1. The number of hydrogen-bond donors (Lipinski definition) is 1. The molecule has 1 unspecified atom stereocenters. The maximum atomic E-state index is 14.7. The van der Waals surface area contributed by atoms with Crippen LogP contribution in [0.1, 0.15) is 29.2 Å². The topological polar surface area (TPSA) is 41.6 Å².